The summed E-state index contributed by atoms with van der Waals surface area (Å²) in [7, 11) is 0. The summed E-state index contributed by atoms with van der Waals surface area (Å²) in [5.74, 6) is 0.851. The quantitative estimate of drug-likeness (QED) is 0.924. The third-order valence-electron chi connectivity index (χ3n) is 5.64. The minimum Gasteiger partial charge on any atom is -0.314 e. The number of rotatable bonds is 3. The summed E-state index contributed by atoms with van der Waals surface area (Å²) in [6.07, 6.45) is 4.21. The Morgan fingerprint density at radius 2 is 1.73 bits per heavy atom. The zero-order valence-corrected chi connectivity index (χ0v) is 13.5. The van der Waals surface area contributed by atoms with Crippen LogP contribution in [0.1, 0.15) is 36.4 Å². The number of nitrogens with one attached hydrogen (secondary N) is 1. The maximum absolute atomic E-state index is 3.50. The van der Waals surface area contributed by atoms with Crippen molar-refractivity contribution >= 4 is 10.8 Å². The van der Waals surface area contributed by atoms with Crippen LogP contribution < -0.4 is 5.32 Å². The highest BCUT2D eigenvalue weighted by atomic mass is 15.2. The average Bonchev–Trinajstić information content (AvgIpc) is 2.53. The molecule has 2 aromatic rings. The lowest BCUT2D eigenvalue weighted by atomic mass is 9.75. The van der Waals surface area contributed by atoms with Crippen molar-refractivity contribution in [1.82, 2.24) is 10.2 Å². The van der Waals surface area contributed by atoms with Crippen LogP contribution >= 0.6 is 0 Å². The zero-order valence-electron chi connectivity index (χ0n) is 13.5. The Hall–Kier alpha value is -1.38. The Kier molecular flexibility index (Phi) is 3.89. The van der Waals surface area contributed by atoms with E-state index >= 15 is 0 Å². The van der Waals surface area contributed by atoms with Gasteiger partial charge in [0.05, 0.1) is 0 Å². The van der Waals surface area contributed by atoms with Gasteiger partial charge in [-0.05, 0) is 47.6 Å². The normalized spacial score (nSPS) is 21.7. The molecule has 1 saturated heterocycles. The zero-order chi connectivity index (χ0) is 14.9. The molecule has 0 bridgehead atoms. The molecule has 1 N–H and O–H groups in total. The molecule has 0 amide bonds. The summed E-state index contributed by atoms with van der Waals surface area (Å²) >= 11 is 0. The van der Waals surface area contributed by atoms with Crippen LogP contribution in [0, 0.1) is 12.8 Å². The number of fused-ring (bicyclic) bond motifs is 1. The smallest absolute Gasteiger partial charge is 0.0383 e. The molecule has 2 aromatic carbocycles. The van der Waals surface area contributed by atoms with Crippen LogP contribution in [0.5, 0.6) is 0 Å². The summed E-state index contributed by atoms with van der Waals surface area (Å²) in [5.41, 5.74) is 2.96. The van der Waals surface area contributed by atoms with Crippen LogP contribution in [0.4, 0.5) is 0 Å². The molecule has 2 nitrogen and oxygen atoms in total. The topological polar surface area (TPSA) is 15.3 Å². The molecule has 22 heavy (non-hydrogen) atoms. The SMILES string of the molecule is Cc1ccc([C@H](C2CCC2)N2CCNCC2)c2ccccc12. The average molecular weight is 294 g/mol. The van der Waals surface area contributed by atoms with Crippen molar-refractivity contribution in [1.29, 1.82) is 0 Å². The maximum Gasteiger partial charge on any atom is 0.0383 e. The van der Waals surface area contributed by atoms with Gasteiger partial charge in [-0.2, -0.15) is 0 Å². The van der Waals surface area contributed by atoms with Crippen molar-refractivity contribution in [2.75, 3.05) is 26.2 Å². The van der Waals surface area contributed by atoms with Gasteiger partial charge in [0.25, 0.3) is 0 Å². The first kappa shape index (κ1) is 14.2. The van der Waals surface area contributed by atoms with E-state index in [1.54, 1.807) is 5.56 Å². The van der Waals surface area contributed by atoms with E-state index < -0.39 is 0 Å². The summed E-state index contributed by atoms with van der Waals surface area (Å²) in [6, 6.07) is 14.3. The Labute approximate surface area is 133 Å². The van der Waals surface area contributed by atoms with Gasteiger partial charge < -0.3 is 5.32 Å². The predicted molar refractivity (Wildman–Crippen MR) is 93.2 cm³/mol. The van der Waals surface area contributed by atoms with Gasteiger partial charge in [-0.15, -0.1) is 0 Å². The summed E-state index contributed by atoms with van der Waals surface area (Å²) in [5, 5.41) is 6.40. The molecule has 2 aliphatic rings. The lowest BCUT2D eigenvalue weighted by Crippen LogP contribution is -2.47. The summed E-state index contributed by atoms with van der Waals surface area (Å²) in [6.45, 7) is 6.86. The monoisotopic (exact) mass is 294 g/mol. The van der Waals surface area contributed by atoms with Crippen molar-refractivity contribution in [3.05, 3.63) is 47.5 Å². The van der Waals surface area contributed by atoms with E-state index in [0.717, 1.165) is 19.0 Å². The maximum atomic E-state index is 3.50. The van der Waals surface area contributed by atoms with Gasteiger partial charge in [0.15, 0.2) is 0 Å². The molecular formula is C20H26N2. The third-order valence-corrected chi connectivity index (χ3v) is 5.64. The molecule has 1 heterocycles. The molecule has 0 aromatic heterocycles. The van der Waals surface area contributed by atoms with Crippen molar-refractivity contribution in [3.8, 4) is 0 Å². The fraction of sp³-hybridized carbons (Fsp3) is 0.500. The van der Waals surface area contributed by atoms with Crippen molar-refractivity contribution in [2.24, 2.45) is 5.92 Å². The molecule has 1 saturated carbocycles. The lowest BCUT2D eigenvalue weighted by molar-refractivity contribution is 0.0846. The highest BCUT2D eigenvalue weighted by molar-refractivity contribution is 5.89. The van der Waals surface area contributed by atoms with E-state index in [2.05, 4.69) is 53.5 Å². The van der Waals surface area contributed by atoms with Gasteiger partial charge in [-0.25, -0.2) is 0 Å². The van der Waals surface area contributed by atoms with E-state index in [1.165, 1.54) is 48.7 Å². The van der Waals surface area contributed by atoms with Gasteiger partial charge >= 0.3 is 0 Å². The van der Waals surface area contributed by atoms with Crippen LogP contribution in [0.25, 0.3) is 10.8 Å². The second-order valence-corrected chi connectivity index (χ2v) is 6.94. The molecule has 0 radical (unpaired) electrons. The van der Waals surface area contributed by atoms with Crippen LogP contribution in [0.15, 0.2) is 36.4 Å². The van der Waals surface area contributed by atoms with Crippen LogP contribution in [0.3, 0.4) is 0 Å². The van der Waals surface area contributed by atoms with Crippen molar-refractivity contribution in [3.63, 3.8) is 0 Å². The van der Waals surface area contributed by atoms with Gasteiger partial charge in [0, 0.05) is 32.2 Å². The molecule has 4 rings (SSSR count). The van der Waals surface area contributed by atoms with E-state index in [9.17, 15) is 0 Å². The highest BCUT2D eigenvalue weighted by Crippen LogP contribution is 2.43. The third kappa shape index (κ3) is 2.45. The number of piperazine rings is 1. The second-order valence-electron chi connectivity index (χ2n) is 6.94. The first-order valence-electron chi connectivity index (χ1n) is 8.77. The second kappa shape index (κ2) is 6.02. The molecule has 2 fully saturated rings. The first-order chi connectivity index (χ1) is 10.8. The fourth-order valence-electron chi connectivity index (χ4n) is 4.20. The van der Waals surface area contributed by atoms with Gasteiger partial charge in [-0.3, -0.25) is 4.90 Å². The van der Waals surface area contributed by atoms with Gasteiger partial charge in [0.1, 0.15) is 0 Å². The Bertz CT molecular complexity index is 654. The molecule has 2 heteroatoms. The molecule has 116 valence electrons. The highest BCUT2D eigenvalue weighted by Gasteiger charge is 2.34. The number of aryl methyl sites for hydroxylation is 1. The Morgan fingerprint density at radius 1 is 1.00 bits per heavy atom. The largest absolute Gasteiger partial charge is 0.314 e. The predicted octanol–water partition coefficient (Wildman–Crippen LogP) is 3.89. The molecular weight excluding hydrogens is 268 g/mol. The van der Waals surface area contributed by atoms with E-state index in [0.29, 0.717) is 6.04 Å². The molecule has 0 unspecified atom stereocenters. The van der Waals surface area contributed by atoms with Crippen LogP contribution in [-0.2, 0) is 0 Å². The molecule has 1 aliphatic carbocycles. The number of nitrogens with zero attached hydrogens (tertiary/aromatic N) is 1. The number of hydrogen-bond donors (Lipinski definition) is 1. The summed E-state index contributed by atoms with van der Waals surface area (Å²) in [4.78, 5) is 2.73. The molecule has 1 aliphatic heterocycles. The minimum atomic E-state index is 0.612. The van der Waals surface area contributed by atoms with Crippen LogP contribution in [-0.4, -0.2) is 31.1 Å². The van der Waals surface area contributed by atoms with E-state index in [4.69, 9.17) is 0 Å². The fourth-order valence-corrected chi connectivity index (χ4v) is 4.20. The van der Waals surface area contributed by atoms with Crippen molar-refractivity contribution in [2.45, 2.75) is 32.2 Å². The first-order valence-corrected chi connectivity index (χ1v) is 8.77. The van der Waals surface area contributed by atoms with E-state index in [1.807, 2.05) is 0 Å². The number of benzene rings is 2. The Balaban J connectivity index is 1.80. The van der Waals surface area contributed by atoms with Crippen LogP contribution in [0.2, 0.25) is 0 Å². The minimum absolute atomic E-state index is 0.612. The number of hydrogen-bond acceptors (Lipinski definition) is 2. The summed E-state index contributed by atoms with van der Waals surface area (Å²) < 4.78 is 0. The molecule has 0 spiro atoms. The van der Waals surface area contributed by atoms with Gasteiger partial charge in [-0.1, -0.05) is 42.8 Å². The van der Waals surface area contributed by atoms with Gasteiger partial charge in [0.2, 0.25) is 0 Å². The Morgan fingerprint density at radius 3 is 2.41 bits per heavy atom. The van der Waals surface area contributed by atoms with Crippen molar-refractivity contribution < 1.29 is 0 Å². The lowest BCUT2D eigenvalue weighted by Gasteiger charge is -2.43. The standard InChI is InChI=1S/C20H26N2/c1-15-9-10-19(18-8-3-2-7-17(15)18)20(16-5-4-6-16)22-13-11-21-12-14-22/h2-3,7-10,16,20-21H,4-6,11-14H2,1H3/t20-/m0/s1. The molecule has 1 atom stereocenters. The van der Waals surface area contributed by atoms with E-state index in [-0.39, 0.29) is 0 Å².